The van der Waals surface area contributed by atoms with Crippen LogP contribution in [0.5, 0.6) is 0 Å². The van der Waals surface area contributed by atoms with E-state index >= 15 is 0 Å². The van der Waals surface area contributed by atoms with Crippen LogP contribution in [0.3, 0.4) is 0 Å². The second kappa shape index (κ2) is 5.61. The molecular weight excluding hydrogens is 236 g/mol. The Balaban J connectivity index is 3.07. The molecule has 0 N–H and O–H groups in total. The summed E-state index contributed by atoms with van der Waals surface area (Å²) in [5.74, 6) is 0. The van der Waals surface area contributed by atoms with E-state index in [1.807, 2.05) is 31.2 Å². The van der Waals surface area contributed by atoms with E-state index in [1.54, 1.807) is 6.08 Å². The van der Waals surface area contributed by atoms with E-state index in [-0.39, 0.29) is 0 Å². The topological polar surface area (TPSA) is 0 Å². The van der Waals surface area contributed by atoms with Crippen LogP contribution in [-0.2, 0) is 0 Å². The fourth-order valence-electron chi connectivity index (χ4n) is 1.25. The van der Waals surface area contributed by atoms with E-state index in [0.29, 0.717) is 0 Å². The minimum atomic E-state index is 1.06. The van der Waals surface area contributed by atoms with Gasteiger partial charge in [-0.2, -0.15) is 0 Å². The average molecular weight is 249 g/mol. The van der Waals surface area contributed by atoms with Gasteiger partial charge < -0.3 is 0 Å². The van der Waals surface area contributed by atoms with Gasteiger partial charge in [-0.25, -0.2) is 0 Å². The molecule has 1 aromatic carbocycles. The van der Waals surface area contributed by atoms with Crippen molar-refractivity contribution in [2.24, 2.45) is 0 Å². The third-order valence-corrected chi connectivity index (χ3v) is 2.59. The molecule has 0 aliphatic heterocycles. The third kappa shape index (κ3) is 2.71. The molecule has 1 aromatic rings. The van der Waals surface area contributed by atoms with Gasteiger partial charge in [-0.15, -0.1) is 0 Å². The van der Waals surface area contributed by atoms with Gasteiger partial charge in [-0.1, -0.05) is 65.0 Å². The second-order valence-corrected chi connectivity index (χ2v) is 3.67. The normalized spacial score (nSPS) is 12.7. The summed E-state index contributed by atoms with van der Waals surface area (Å²) in [5.41, 5.74) is 2.39. The molecule has 0 radical (unpaired) electrons. The highest BCUT2D eigenvalue weighted by Gasteiger charge is 2.01. The van der Waals surface area contributed by atoms with Crippen LogP contribution in [0.15, 0.2) is 59.6 Å². The molecule has 14 heavy (non-hydrogen) atoms. The Morgan fingerprint density at radius 1 is 1.29 bits per heavy atom. The highest BCUT2D eigenvalue weighted by Crippen LogP contribution is 2.27. The quantitative estimate of drug-likeness (QED) is 0.689. The molecule has 0 saturated carbocycles. The van der Waals surface area contributed by atoms with E-state index in [4.69, 9.17) is 0 Å². The standard InChI is InChI=1S/C13H13Br/c1-3-8-13(14)12(4-2)11-9-6-5-7-10-11/h3-10H,1H2,2H3/b12-4-,13-8+. The Hall–Kier alpha value is -1.08. The zero-order valence-corrected chi connectivity index (χ0v) is 9.79. The first-order valence-electron chi connectivity index (χ1n) is 4.50. The van der Waals surface area contributed by atoms with Gasteiger partial charge in [0.2, 0.25) is 0 Å². The molecule has 72 valence electrons. The zero-order chi connectivity index (χ0) is 10.4. The van der Waals surface area contributed by atoms with Crippen molar-refractivity contribution in [3.8, 4) is 0 Å². The first-order chi connectivity index (χ1) is 6.79. The van der Waals surface area contributed by atoms with Gasteiger partial charge >= 0.3 is 0 Å². The van der Waals surface area contributed by atoms with Crippen molar-refractivity contribution in [1.29, 1.82) is 0 Å². The number of allylic oxidation sites excluding steroid dienone is 5. The van der Waals surface area contributed by atoms with Gasteiger partial charge in [-0.3, -0.25) is 0 Å². The lowest BCUT2D eigenvalue weighted by Crippen LogP contribution is -1.82. The van der Waals surface area contributed by atoms with Crippen molar-refractivity contribution in [1.82, 2.24) is 0 Å². The second-order valence-electron chi connectivity index (χ2n) is 2.82. The molecular formula is C13H13Br. The maximum Gasteiger partial charge on any atom is 0.0250 e. The highest BCUT2D eigenvalue weighted by molar-refractivity contribution is 9.12. The number of hydrogen-bond donors (Lipinski definition) is 0. The summed E-state index contributed by atoms with van der Waals surface area (Å²) in [5, 5.41) is 0. The summed E-state index contributed by atoms with van der Waals surface area (Å²) >= 11 is 3.52. The van der Waals surface area contributed by atoms with Crippen LogP contribution in [0.1, 0.15) is 12.5 Å². The Bertz CT molecular complexity index is 358. The smallest absolute Gasteiger partial charge is 0.0250 e. The van der Waals surface area contributed by atoms with Crippen molar-refractivity contribution in [2.45, 2.75) is 6.92 Å². The van der Waals surface area contributed by atoms with Gasteiger partial charge in [0.25, 0.3) is 0 Å². The molecule has 0 fully saturated rings. The van der Waals surface area contributed by atoms with Crippen molar-refractivity contribution < 1.29 is 0 Å². The third-order valence-electron chi connectivity index (χ3n) is 1.89. The van der Waals surface area contributed by atoms with Crippen LogP contribution in [0, 0.1) is 0 Å². The van der Waals surface area contributed by atoms with E-state index in [9.17, 15) is 0 Å². The number of hydrogen-bond acceptors (Lipinski definition) is 0. The fraction of sp³-hybridized carbons (Fsp3) is 0.0769. The molecule has 1 heteroatoms. The van der Waals surface area contributed by atoms with Gasteiger partial charge in [0, 0.05) is 4.48 Å². The lowest BCUT2D eigenvalue weighted by molar-refractivity contribution is 1.59. The molecule has 1 rings (SSSR count). The summed E-state index contributed by atoms with van der Waals surface area (Å²) in [6.07, 6.45) is 5.80. The zero-order valence-electron chi connectivity index (χ0n) is 8.20. The van der Waals surface area contributed by atoms with Gasteiger partial charge in [0.05, 0.1) is 0 Å². The first-order valence-corrected chi connectivity index (χ1v) is 5.29. The summed E-state index contributed by atoms with van der Waals surface area (Å²) in [6.45, 7) is 5.71. The molecule has 0 heterocycles. The predicted molar refractivity (Wildman–Crippen MR) is 67.3 cm³/mol. The van der Waals surface area contributed by atoms with Gasteiger partial charge in [0.15, 0.2) is 0 Å². The minimum Gasteiger partial charge on any atom is -0.0990 e. The largest absolute Gasteiger partial charge is 0.0990 e. The van der Waals surface area contributed by atoms with Crippen molar-refractivity contribution in [3.63, 3.8) is 0 Å². The lowest BCUT2D eigenvalue weighted by atomic mass is 10.1. The number of benzene rings is 1. The Kier molecular flexibility index (Phi) is 4.41. The predicted octanol–water partition coefficient (Wildman–Crippen LogP) is 4.55. The fourth-order valence-corrected chi connectivity index (χ4v) is 1.90. The molecule has 0 aromatic heterocycles. The Morgan fingerprint density at radius 3 is 2.43 bits per heavy atom. The van der Waals surface area contributed by atoms with Crippen molar-refractivity contribution in [3.05, 3.63) is 65.2 Å². The van der Waals surface area contributed by atoms with E-state index in [0.717, 1.165) is 4.48 Å². The summed E-state index contributed by atoms with van der Waals surface area (Å²) in [4.78, 5) is 0. The van der Waals surface area contributed by atoms with Crippen LogP contribution < -0.4 is 0 Å². The SMILES string of the molecule is C=C/C=C(Br)\C(=C/C)c1ccccc1. The monoisotopic (exact) mass is 248 g/mol. The number of rotatable bonds is 3. The molecule has 0 aliphatic carbocycles. The Morgan fingerprint density at radius 2 is 1.93 bits per heavy atom. The van der Waals surface area contributed by atoms with Crippen LogP contribution in [0.4, 0.5) is 0 Å². The van der Waals surface area contributed by atoms with Crippen LogP contribution in [-0.4, -0.2) is 0 Å². The summed E-state index contributed by atoms with van der Waals surface area (Å²) < 4.78 is 1.06. The molecule has 0 unspecified atom stereocenters. The van der Waals surface area contributed by atoms with Crippen molar-refractivity contribution in [2.75, 3.05) is 0 Å². The summed E-state index contributed by atoms with van der Waals surface area (Å²) in [7, 11) is 0. The minimum absolute atomic E-state index is 1.06. The number of halogens is 1. The molecule has 0 amide bonds. The summed E-state index contributed by atoms with van der Waals surface area (Å²) in [6, 6.07) is 10.3. The van der Waals surface area contributed by atoms with Crippen LogP contribution in [0.25, 0.3) is 5.57 Å². The van der Waals surface area contributed by atoms with Crippen LogP contribution >= 0.6 is 15.9 Å². The molecule has 0 aliphatic rings. The van der Waals surface area contributed by atoms with Gasteiger partial charge in [0.1, 0.15) is 0 Å². The van der Waals surface area contributed by atoms with Crippen LogP contribution in [0.2, 0.25) is 0 Å². The van der Waals surface area contributed by atoms with Crippen molar-refractivity contribution >= 4 is 21.5 Å². The maximum atomic E-state index is 3.68. The van der Waals surface area contributed by atoms with E-state index in [1.165, 1.54) is 11.1 Å². The van der Waals surface area contributed by atoms with Gasteiger partial charge in [-0.05, 0) is 24.1 Å². The van der Waals surface area contributed by atoms with E-state index < -0.39 is 0 Å². The molecule has 0 atom stereocenters. The maximum absolute atomic E-state index is 3.68. The van der Waals surface area contributed by atoms with E-state index in [2.05, 4.69) is 40.7 Å². The molecule has 0 spiro atoms. The molecule has 0 nitrogen and oxygen atoms in total. The lowest BCUT2D eigenvalue weighted by Gasteiger charge is -2.05. The highest BCUT2D eigenvalue weighted by atomic mass is 79.9. The average Bonchev–Trinajstić information content (AvgIpc) is 2.21. The Labute approximate surface area is 93.8 Å². The molecule has 0 saturated heterocycles. The molecule has 0 bridgehead atoms. The first kappa shape index (κ1) is 11.0.